The molecule has 2 aromatic rings. The highest BCUT2D eigenvalue weighted by atomic mass is 19.1. The maximum Gasteiger partial charge on any atom is 0.220 e. The van der Waals surface area contributed by atoms with Crippen molar-refractivity contribution in [3.05, 3.63) is 58.9 Å². The van der Waals surface area contributed by atoms with Gasteiger partial charge in [-0.15, -0.1) is 0 Å². The fourth-order valence-electron chi connectivity index (χ4n) is 2.32. The number of carbonyl (C=O) groups is 2. The van der Waals surface area contributed by atoms with E-state index in [2.05, 4.69) is 15.3 Å². The highest BCUT2D eigenvalue weighted by Gasteiger charge is 2.09. The molecule has 1 aromatic carbocycles. The quantitative estimate of drug-likeness (QED) is 0.793. The summed E-state index contributed by atoms with van der Waals surface area (Å²) < 4.78 is 12.8. The molecular formula is C18H20FN3O2. The number of aryl methyl sites for hydroxylation is 2. The van der Waals surface area contributed by atoms with Crippen LogP contribution in [0, 0.1) is 19.7 Å². The Labute approximate surface area is 140 Å². The third kappa shape index (κ3) is 5.53. The molecule has 1 heterocycles. The minimum Gasteiger partial charge on any atom is -0.356 e. The summed E-state index contributed by atoms with van der Waals surface area (Å²) >= 11 is 0. The molecule has 0 unspecified atom stereocenters. The summed E-state index contributed by atoms with van der Waals surface area (Å²) in [6.45, 7) is 4.22. The lowest BCUT2D eigenvalue weighted by Gasteiger charge is -2.06. The van der Waals surface area contributed by atoms with Crippen LogP contribution in [0.5, 0.6) is 0 Å². The van der Waals surface area contributed by atoms with Gasteiger partial charge in [-0.05, 0) is 44.2 Å². The molecule has 1 amide bonds. The van der Waals surface area contributed by atoms with Crippen molar-refractivity contribution in [1.82, 2.24) is 15.3 Å². The number of rotatable bonds is 7. The lowest BCUT2D eigenvalue weighted by Crippen LogP contribution is -2.26. The second kappa shape index (κ2) is 8.29. The number of aromatic nitrogens is 2. The van der Waals surface area contributed by atoms with E-state index in [1.54, 1.807) is 0 Å². The summed E-state index contributed by atoms with van der Waals surface area (Å²) in [5, 5.41) is 2.75. The predicted molar refractivity (Wildman–Crippen MR) is 88.2 cm³/mol. The second-order valence-corrected chi connectivity index (χ2v) is 5.60. The summed E-state index contributed by atoms with van der Waals surface area (Å²) in [7, 11) is 0. The van der Waals surface area contributed by atoms with Crippen molar-refractivity contribution in [1.29, 1.82) is 0 Å². The smallest absolute Gasteiger partial charge is 0.220 e. The van der Waals surface area contributed by atoms with Gasteiger partial charge in [0.05, 0.1) is 0 Å². The molecule has 24 heavy (non-hydrogen) atoms. The Morgan fingerprint density at radius 3 is 2.29 bits per heavy atom. The van der Waals surface area contributed by atoms with E-state index in [1.165, 1.54) is 24.3 Å². The van der Waals surface area contributed by atoms with Crippen molar-refractivity contribution in [3.8, 4) is 0 Å². The van der Waals surface area contributed by atoms with Gasteiger partial charge in [0.25, 0.3) is 0 Å². The molecule has 0 spiro atoms. The maximum atomic E-state index is 12.8. The van der Waals surface area contributed by atoms with Crippen LogP contribution in [0.15, 0.2) is 30.3 Å². The highest BCUT2D eigenvalue weighted by Crippen LogP contribution is 2.07. The van der Waals surface area contributed by atoms with Gasteiger partial charge >= 0.3 is 0 Å². The molecule has 1 aromatic heterocycles. The number of benzene rings is 1. The molecule has 0 aliphatic carbocycles. The Morgan fingerprint density at radius 2 is 1.67 bits per heavy atom. The molecule has 126 valence electrons. The van der Waals surface area contributed by atoms with E-state index >= 15 is 0 Å². The molecule has 0 saturated heterocycles. The van der Waals surface area contributed by atoms with E-state index in [-0.39, 0.29) is 24.5 Å². The number of nitrogens with zero attached hydrogens (tertiary/aromatic N) is 2. The van der Waals surface area contributed by atoms with Crippen LogP contribution < -0.4 is 5.32 Å². The van der Waals surface area contributed by atoms with Gasteiger partial charge in [-0.3, -0.25) is 9.59 Å². The molecule has 5 nitrogen and oxygen atoms in total. The molecule has 0 fully saturated rings. The zero-order valence-corrected chi connectivity index (χ0v) is 13.8. The first-order chi connectivity index (χ1) is 11.4. The van der Waals surface area contributed by atoms with Crippen LogP contribution in [0.1, 0.15) is 40.4 Å². The average Bonchev–Trinajstić information content (AvgIpc) is 2.52. The third-order valence-corrected chi connectivity index (χ3v) is 3.44. The number of hydrogen-bond donors (Lipinski definition) is 1. The molecule has 0 radical (unpaired) electrons. The Bertz CT molecular complexity index is 709. The van der Waals surface area contributed by atoms with Crippen LogP contribution in [0.25, 0.3) is 0 Å². The Balaban J connectivity index is 1.73. The van der Waals surface area contributed by atoms with E-state index in [0.717, 1.165) is 11.4 Å². The Morgan fingerprint density at radius 1 is 1.04 bits per heavy atom. The second-order valence-electron chi connectivity index (χ2n) is 5.60. The molecule has 1 N–H and O–H groups in total. The SMILES string of the molecule is Cc1cc(C)nc(CCNC(=O)CCC(=O)c2ccc(F)cc2)n1. The van der Waals surface area contributed by atoms with Crippen LogP contribution in [-0.4, -0.2) is 28.2 Å². The molecule has 0 aliphatic rings. The molecule has 0 aliphatic heterocycles. The van der Waals surface area contributed by atoms with E-state index < -0.39 is 5.82 Å². The summed E-state index contributed by atoms with van der Waals surface area (Å²) in [4.78, 5) is 32.3. The standard InChI is InChI=1S/C18H20FN3O2/c1-12-11-13(2)22-17(21-12)9-10-20-18(24)8-7-16(23)14-3-5-15(19)6-4-14/h3-6,11H,7-10H2,1-2H3,(H,20,24). The number of Topliss-reactive ketones (excluding diaryl/α,β-unsaturated/α-hetero) is 1. The topological polar surface area (TPSA) is 72.0 Å². The van der Waals surface area contributed by atoms with Crippen LogP contribution >= 0.6 is 0 Å². The van der Waals surface area contributed by atoms with Gasteiger partial charge in [-0.25, -0.2) is 14.4 Å². The van der Waals surface area contributed by atoms with Gasteiger partial charge in [0, 0.05) is 42.8 Å². The van der Waals surface area contributed by atoms with E-state index in [9.17, 15) is 14.0 Å². The summed E-state index contributed by atoms with van der Waals surface area (Å²) in [6, 6.07) is 7.21. The molecular weight excluding hydrogens is 309 g/mol. The minimum atomic E-state index is -0.391. The Hall–Kier alpha value is -2.63. The Kier molecular flexibility index (Phi) is 6.12. The largest absolute Gasteiger partial charge is 0.356 e. The van der Waals surface area contributed by atoms with E-state index in [0.29, 0.717) is 24.4 Å². The summed E-state index contributed by atoms with van der Waals surface area (Å²) in [5.41, 5.74) is 2.20. The fourth-order valence-corrected chi connectivity index (χ4v) is 2.32. The molecule has 0 bridgehead atoms. The minimum absolute atomic E-state index is 0.0948. The van der Waals surface area contributed by atoms with E-state index in [4.69, 9.17) is 0 Å². The van der Waals surface area contributed by atoms with Crippen molar-refractivity contribution in [2.45, 2.75) is 33.1 Å². The first-order valence-electron chi connectivity index (χ1n) is 7.80. The van der Waals surface area contributed by atoms with Crippen molar-refractivity contribution in [2.24, 2.45) is 0 Å². The van der Waals surface area contributed by atoms with Gasteiger partial charge in [-0.2, -0.15) is 0 Å². The van der Waals surface area contributed by atoms with Crippen molar-refractivity contribution < 1.29 is 14.0 Å². The van der Waals surface area contributed by atoms with Gasteiger partial charge in [-0.1, -0.05) is 0 Å². The number of amides is 1. The summed E-state index contributed by atoms with van der Waals surface area (Å²) in [6.07, 6.45) is 0.738. The first kappa shape index (κ1) is 17.7. The fraction of sp³-hybridized carbons (Fsp3) is 0.333. The van der Waals surface area contributed by atoms with E-state index in [1.807, 2.05) is 19.9 Å². The normalized spacial score (nSPS) is 10.5. The van der Waals surface area contributed by atoms with Gasteiger partial charge < -0.3 is 5.32 Å². The maximum absolute atomic E-state index is 12.8. The van der Waals surface area contributed by atoms with Crippen molar-refractivity contribution in [2.75, 3.05) is 6.54 Å². The number of halogens is 1. The number of hydrogen-bond acceptors (Lipinski definition) is 4. The van der Waals surface area contributed by atoms with Gasteiger partial charge in [0.2, 0.25) is 5.91 Å². The monoisotopic (exact) mass is 329 g/mol. The lowest BCUT2D eigenvalue weighted by molar-refractivity contribution is -0.121. The van der Waals surface area contributed by atoms with Crippen LogP contribution in [0.4, 0.5) is 4.39 Å². The molecule has 6 heteroatoms. The highest BCUT2D eigenvalue weighted by molar-refractivity contribution is 5.97. The zero-order valence-electron chi connectivity index (χ0n) is 13.8. The van der Waals surface area contributed by atoms with Crippen LogP contribution in [0.3, 0.4) is 0 Å². The van der Waals surface area contributed by atoms with Crippen LogP contribution in [0.2, 0.25) is 0 Å². The van der Waals surface area contributed by atoms with Crippen molar-refractivity contribution in [3.63, 3.8) is 0 Å². The van der Waals surface area contributed by atoms with Gasteiger partial charge in [0.15, 0.2) is 5.78 Å². The molecule has 0 saturated carbocycles. The zero-order chi connectivity index (χ0) is 17.5. The lowest BCUT2D eigenvalue weighted by atomic mass is 10.1. The average molecular weight is 329 g/mol. The number of ketones is 1. The molecule has 2 rings (SSSR count). The van der Waals surface area contributed by atoms with Crippen LogP contribution in [-0.2, 0) is 11.2 Å². The predicted octanol–water partition coefficient (Wildman–Crippen LogP) is 2.55. The van der Waals surface area contributed by atoms with Gasteiger partial charge in [0.1, 0.15) is 11.6 Å². The number of carbonyl (C=O) groups excluding carboxylic acids is 2. The third-order valence-electron chi connectivity index (χ3n) is 3.44. The number of nitrogens with one attached hydrogen (secondary N) is 1. The first-order valence-corrected chi connectivity index (χ1v) is 7.80. The molecule has 0 atom stereocenters. The summed E-state index contributed by atoms with van der Waals surface area (Å²) in [5.74, 6) is -0.0780. The van der Waals surface area contributed by atoms with Crippen molar-refractivity contribution >= 4 is 11.7 Å².